The molecule has 0 radical (unpaired) electrons. The minimum Gasteiger partial charge on any atom is -0.484 e. The topological polar surface area (TPSA) is 119 Å². The molecule has 39 heavy (non-hydrogen) atoms. The summed E-state index contributed by atoms with van der Waals surface area (Å²) in [7, 11) is -6.04. The van der Waals surface area contributed by atoms with Crippen molar-refractivity contribution in [2.24, 2.45) is 5.92 Å². The molecule has 3 aliphatic rings. The van der Waals surface area contributed by atoms with Crippen molar-refractivity contribution in [1.82, 2.24) is 19.8 Å². The Hall–Kier alpha value is -3.30. The minimum atomic E-state index is -6.04. The minimum absolute atomic E-state index is 0.000125. The van der Waals surface area contributed by atoms with Gasteiger partial charge in [0.25, 0.3) is 11.8 Å². The first-order chi connectivity index (χ1) is 18.1. The van der Waals surface area contributed by atoms with Gasteiger partial charge in [0.05, 0.1) is 16.8 Å². The van der Waals surface area contributed by atoms with Crippen molar-refractivity contribution in [3.63, 3.8) is 0 Å². The number of halogens is 6. The van der Waals surface area contributed by atoms with Crippen molar-refractivity contribution in [1.29, 1.82) is 0 Å². The molecule has 2 aliphatic carbocycles. The van der Waals surface area contributed by atoms with Crippen molar-refractivity contribution in [2.75, 3.05) is 6.61 Å². The van der Waals surface area contributed by atoms with Crippen LogP contribution in [0.3, 0.4) is 0 Å². The molecule has 9 nitrogen and oxygen atoms in total. The third-order valence-electron chi connectivity index (χ3n) is 7.08. The highest BCUT2D eigenvalue weighted by molar-refractivity contribution is 7.90. The molecule has 0 saturated heterocycles. The normalized spacial score (nSPS) is 20.9. The van der Waals surface area contributed by atoms with Crippen molar-refractivity contribution in [3.05, 3.63) is 46.3 Å². The second-order valence-electron chi connectivity index (χ2n) is 9.94. The zero-order valence-corrected chi connectivity index (χ0v) is 20.9. The fourth-order valence-electron chi connectivity index (χ4n) is 5.11. The number of aromatic nitrogens is 2. The number of carbonyl (C=O) groups excluding carboxylic acids is 2. The van der Waals surface area contributed by atoms with Gasteiger partial charge in [0.15, 0.2) is 6.61 Å². The smallest absolute Gasteiger partial charge is 0.484 e. The second kappa shape index (κ2) is 9.13. The molecule has 5 rings (SSSR count). The van der Waals surface area contributed by atoms with Gasteiger partial charge in [-0.25, -0.2) is 4.72 Å². The lowest BCUT2D eigenvalue weighted by Crippen LogP contribution is -2.50. The molecule has 1 aliphatic heterocycles. The molecule has 1 atom stereocenters. The van der Waals surface area contributed by atoms with Gasteiger partial charge in [-0.2, -0.15) is 39.9 Å². The molecule has 1 aromatic heterocycles. The van der Waals surface area contributed by atoms with E-state index >= 15 is 0 Å². The van der Waals surface area contributed by atoms with Gasteiger partial charge >= 0.3 is 21.7 Å². The molecule has 2 heterocycles. The van der Waals surface area contributed by atoms with Crippen LogP contribution in [0.4, 0.5) is 26.3 Å². The van der Waals surface area contributed by atoms with Gasteiger partial charge < -0.3 is 10.1 Å². The summed E-state index contributed by atoms with van der Waals surface area (Å²) in [6, 6.07) is 4.33. The van der Waals surface area contributed by atoms with E-state index in [-0.39, 0.29) is 30.0 Å². The maximum absolute atomic E-state index is 13.3. The van der Waals surface area contributed by atoms with Crippen molar-refractivity contribution in [2.45, 2.75) is 62.3 Å². The molecule has 16 heteroatoms. The van der Waals surface area contributed by atoms with E-state index in [1.165, 1.54) is 18.2 Å². The summed E-state index contributed by atoms with van der Waals surface area (Å²) in [4.78, 5) is 26.1. The Kier molecular flexibility index (Phi) is 6.38. The Bertz CT molecular complexity index is 1450. The quantitative estimate of drug-likeness (QED) is 0.485. The van der Waals surface area contributed by atoms with Crippen LogP contribution in [-0.2, 0) is 34.9 Å². The van der Waals surface area contributed by atoms with E-state index in [1.54, 1.807) is 0 Å². The van der Waals surface area contributed by atoms with E-state index in [1.807, 2.05) is 0 Å². The number of nitrogens with one attached hydrogen (secondary N) is 2. The zero-order chi connectivity index (χ0) is 28.4. The number of carbonyl (C=O) groups is 2. The fraction of sp³-hybridized carbons (Fsp3) is 0.522. The molecule has 0 bridgehead atoms. The Morgan fingerprint density at radius 3 is 2.56 bits per heavy atom. The SMILES string of the molecule is O=C1N[C@@]2(CCc3cc(OCC(F)(F)F)ccc32)Cc2nn(CCC3CC3)c(C(=O)NS(=O)(=O)C(F)(F)F)c21. The number of nitrogens with zero attached hydrogens (tertiary/aromatic N) is 2. The standard InChI is InChI=1S/C23H22F6N4O5S/c24-22(25,26)11-38-14-3-4-15-13(9-14)5-7-21(15)10-16-17(19(34)30-21)18(33(31-16)8-6-12-1-2-12)20(35)32-39(36,37)23(27,28)29/h3-4,9,12H,1-2,5-8,10-11H2,(H,30,34)(H,32,35)/t21-/m0/s1. The van der Waals surface area contributed by atoms with Crippen LogP contribution in [0.5, 0.6) is 5.75 Å². The highest BCUT2D eigenvalue weighted by Crippen LogP contribution is 2.44. The summed E-state index contributed by atoms with van der Waals surface area (Å²) < 4.78 is 106. The maximum atomic E-state index is 13.3. The van der Waals surface area contributed by atoms with Gasteiger partial charge in [-0.05, 0) is 48.4 Å². The summed E-state index contributed by atoms with van der Waals surface area (Å²) in [6.45, 7) is -1.38. The first-order valence-electron chi connectivity index (χ1n) is 12.0. The number of benzene rings is 1. The van der Waals surface area contributed by atoms with Crippen molar-refractivity contribution in [3.8, 4) is 5.75 Å². The molecule has 1 saturated carbocycles. The molecular weight excluding hydrogens is 558 g/mol. The van der Waals surface area contributed by atoms with E-state index in [0.29, 0.717) is 36.3 Å². The van der Waals surface area contributed by atoms with Gasteiger partial charge in [0.2, 0.25) is 0 Å². The third-order valence-corrected chi connectivity index (χ3v) is 8.15. The van der Waals surface area contributed by atoms with E-state index in [4.69, 9.17) is 4.74 Å². The van der Waals surface area contributed by atoms with Crippen molar-refractivity contribution >= 4 is 21.8 Å². The number of ether oxygens (including phenoxy) is 1. The Labute approximate surface area is 217 Å². The lowest BCUT2D eigenvalue weighted by molar-refractivity contribution is -0.153. The van der Waals surface area contributed by atoms with Crippen LogP contribution in [0.15, 0.2) is 18.2 Å². The molecule has 1 spiro atoms. The largest absolute Gasteiger partial charge is 0.516 e. The van der Waals surface area contributed by atoms with E-state index < -0.39 is 51.4 Å². The average Bonchev–Trinajstić information content (AvgIpc) is 3.49. The maximum Gasteiger partial charge on any atom is 0.516 e. The molecule has 212 valence electrons. The summed E-state index contributed by atoms with van der Waals surface area (Å²) >= 11 is 0. The predicted molar refractivity (Wildman–Crippen MR) is 121 cm³/mol. The Morgan fingerprint density at radius 2 is 1.92 bits per heavy atom. The first kappa shape index (κ1) is 27.3. The van der Waals surface area contributed by atoms with Crippen LogP contribution >= 0.6 is 0 Å². The van der Waals surface area contributed by atoms with Gasteiger partial charge in [0, 0.05) is 13.0 Å². The Balaban J connectivity index is 1.47. The third kappa shape index (κ3) is 5.30. The predicted octanol–water partition coefficient (Wildman–Crippen LogP) is 3.33. The molecule has 0 unspecified atom stereocenters. The van der Waals surface area contributed by atoms with Crippen LogP contribution in [0.25, 0.3) is 0 Å². The highest BCUT2D eigenvalue weighted by Gasteiger charge is 2.50. The lowest BCUT2D eigenvalue weighted by atomic mass is 9.82. The number of alkyl halides is 6. The monoisotopic (exact) mass is 580 g/mol. The van der Waals surface area contributed by atoms with Gasteiger partial charge in [-0.1, -0.05) is 18.9 Å². The molecule has 1 fully saturated rings. The highest BCUT2D eigenvalue weighted by atomic mass is 32.2. The summed E-state index contributed by atoms with van der Waals surface area (Å²) in [5, 5.41) is 7.14. The molecule has 2 aromatic rings. The van der Waals surface area contributed by atoms with Gasteiger partial charge in [0.1, 0.15) is 11.4 Å². The van der Waals surface area contributed by atoms with Gasteiger partial charge in [-0.15, -0.1) is 0 Å². The first-order valence-corrected chi connectivity index (χ1v) is 13.5. The molecular formula is C23H22F6N4O5S. The summed E-state index contributed by atoms with van der Waals surface area (Å²) in [5.74, 6) is -2.12. The second-order valence-corrected chi connectivity index (χ2v) is 11.6. The number of aryl methyl sites for hydroxylation is 2. The van der Waals surface area contributed by atoms with Crippen LogP contribution in [-0.4, -0.2) is 48.3 Å². The van der Waals surface area contributed by atoms with Crippen LogP contribution in [0.1, 0.15) is 63.4 Å². The lowest BCUT2D eigenvalue weighted by Gasteiger charge is -2.35. The number of amides is 2. The summed E-state index contributed by atoms with van der Waals surface area (Å²) in [5.41, 5.74) is -6.31. The molecule has 2 amide bonds. The van der Waals surface area contributed by atoms with Crippen LogP contribution < -0.4 is 14.8 Å². The number of rotatable bonds is 7. The van der Waals surface area contributed by atoms with Crippen LogP contribution in [0, 0.1) is 5.92 Å². The molecule has 2 N–H and O–H groups in total. The number of hydrogen-bond donors (Lipinski definition) is 2. The van der Waals surface area contributed by atoms with Gasteiger partial charge in [-0.3, -0.25) is 14.3 Å². The van der Waals surface area contributed by atoms with E-state index in [2.05, 4.69) is 10.4 Å². The van der Waals surface area contributed by atoms with E-state index in [0.717, 1.165) is 22.2 Å². The van der Waals surface area contributed by atoms with E-state index in [9.17, 15) is 44.3 Å². The summed E-state index contributed by atoms with van der Waals surface area (Å²) in [6.07, 6.45) is -1.37. The van der Waals surface area contributed by atoms with Crippen LogP contribution in [0.2, 0.25) is 0 Å². The number of hydrogen-bond acceptors (Lipinski definition) is 6. The Morgan fingerprint density at radius 1 is 1.21 bits per heavy atom. The number of fused-ring (bicyclic) bond motifs is 3. The number of sulfonamides is 1. The molecule has 1 aromatic carbocycles. The fourth-order valence-corrected chi connectivity index (χ4v) is 5.57. The van der Waals surface area contributed by atoms with Crippen molar-refractivity contribution < 1.29 is 49.1 Å². The zero-order valence-electron chi connectivity index (χ0n) is 20.1. The average molecular weight is 581 g/mol.